The van der Waals surface area contributed by atoms with Gasteiger partial charge < -0.3 is 9.26 Å². The van der Waals surface area contributed by atoms with Crippen molar-refractivity contribution in [1.82, 2.24) is 10.1 Å². The minimum absolute atomic E-state index is 0.0189. The second-order valence-corrected chi connectivity index (χ2v) is 3.17. The van der Waals surface area contributed by atoms with Gasteiger partial charge in [0.1, 0.15) is 0 Å². The van der Waals surface area contributed by atoms with Crippen molar-refractivity contribution in [1.29, 1.82) is 0 Å². The average molecular weight is 218 g/mol. The summed E-state index contributed by atoms with van der Waals surface area (Å²) in [5.41, 5.74) is 0.503. The summed E-state index contributed by atoms with van der Waals surface area (Å²) in [6.07, 6.45) is 0. The third kappa shape index (κ3) is 2.44. The third-order valence-corrected chi connectivity index (χ3v) is 1.91. The first kappa shape index (κ1) is 10.4. The van der Waals surface area contributed by atoms with Crippen LogP contribution in [0.5, 0.6) is 0 Å². The molecule has 5 nitrogen and oxygen atoms in total. The van der Waals surface area contributed by atoms with E-state index in [1.807, 2.05) is 6.07 Å². The van der Waals surface area contributed by atoms with Crippen LogP contribution in [0.4, 0.5) is 0 Å². The topological polar surface area (TPSA) is 65.2 Å². The summed E-state index contributed by atoms with van der Waals surface area (Å²) in [4.78, 5) is 15.4. The summed E-state index contributed by atoms with van der Waals surface area (Å²) >= 11 is 0. The highest BCUT2D eigenvalue weighted by Crippen LogP contribution is 2.03. The highest BCUT2D eigenvalue weighted by atomic mass is 16.5. The highest BCUT2D eigenvalue weighted by molar-refractivity contribution is 5.89. The molecule has 0 saturated heterocycles. The monoisotopic (exact) mass is 218 g/mol. The molecule has 1 aromatic carbocycles. The fourth-order valence-corrected chi connectivity index (χ4v) is 1.19. The predicted octanol–water partition coefficient (Wildman–Crippen LogP) is 1.74. The van der Waals surface area contributed by atoms with Crippen LogP contribution >= 0.6 is 0 Å². The van der Waals surface area contributed by atoms with Crippen molar-refractivity contribution in [2.45, 2.75) is 13.5 Å². The Morgan fingerprint density at radius 2 is 2.12 bits per heavy atom. The van der Waals surface area contributed by atoms with Crippen molar-refractivity contribution in [3.05, 3.63) is 47.6 Å². The lowest BCUT2D eigenvalue weighted by Crippen LogP contribution is -2.05. The van der Waals surface area contributed by atoms with E-state index in [1.54, 1.807) is 31.2 Å². The van der Waals surface area contributed by atoms with E-state index in [9.17, 15) is 4.79 Å². The van der Waals surface area contributed by atoms with E-state index in [4.69, 9.17) is 9.26 Å². The number of ether oxygens (including phenoxy) is 1. The van der Waals surface area contributed by atoms with E-state index >= 15 is 0 Å². The van der Waals surface area contributed by atoms with Gasteiger partial charge in [-0.3, -0.25) is 0 Å². The molecule has 0 aliphatic rings. The molecule has 0 saturated carbocycles. The van der Waals surface area contributed by atoms with E-state index in [1.165, 1.54) is 0 Å². The van der Waals surface area contributed by atoms with Crippen LogP contribution in [0, 0.1) is 6.92 Å². The molecule has 0 bridgehead atoms. The fraction of sp³-hybridized carbons (Fsp3) is 0.182. The standard InChI is InChI=1S/C11H10N2O3/c1-8-12-10(13-16-8)7-15-11(14)9-5-3-2-4-6-9/h2-6H,7H2,1H3. The predicted molar refractivity (Wildman–Crippen MR) is 54.6 cm³/mol. The van der Waals surface area contributed by atoms with Crippen LogP contribution in [-0.4, -0.2) is 16.1 Å². The first-order chi connectivity index (χ1) is 7.75. The molecule has 0 N–H and O–H groups in total. The molecule has 0 spiro atoms. The Morgan fingerprint density at radius 3 is 2.75 bits per heavy atom. The molecule has 0 atom stereocenters. The van der Waals surface area contributed by atoms with Crippen LogP contribution in [0.25, 0.3) is 0 Å². The lowest BCUT2D eigenvalue weighted by Gasteiger charge is -2.00. The molecule has 0 aliphatic heterocycles. The van der Waals surface area contributed by atoms with Gasteiger partial charge in [0, 0.05) is 6.92 Å². The van der Waals surface area contributed by atoms with Crippen molar-refractivity contribution in [2.24, 2.45) is 0 Å². The molecule has 5 heteroatoms. The van der Waals surface area contributed by atoms with Crippen molar-refractivity contribution in [3.63, 3.8) is 0 Å². The first-order valence-electron chi connectivity index (χ1n) is 4.77. The second kappa shape index (κ2) is 4.57. The Morgan fingerprint density at radius 1 is 1.38 bits per heavy atom. The van der Waals surface area contributed by atoms with Crippen LogP contribution in [0.15, 0.2) is 34.9 Å². The fourth-order valence-electron chi connectivity index (χ4n) is 1.19. The summed E-state index contributed by atoms with van der Waals surface area (Å²) in [6.45, 7) is 1.70. The van der Waals surface area contributed by atoms with Gasteiger partial charge in [0.05, 0.1) is 5.56 Å². The van der Waals surface area contributed by atoms with Gasteiger partial charge in [0.25, 0.3) is 0 Å². The number of esters is 1. The first-order valence-corrected chi connectivity index (χ1v) is 4.77. The van der Waals surface area contributed by atoms with E-state index in [0.29, 0.717) is 17.3 Å². The Kier molecular flexibility index (Phi) is 2.95. The van der Waals surface area contributed by atoms with Gasteiger partial charge in [-0.2, -0.15) is 4.98 Å². The summed E-state index contributed by atoms with van der Waals surface area (Å²) in [6, 6.07) is 8.75. The Bertz CT molecular complexity index is 479. The summed E-state index contributed by atoms with van der Waals surface area (Å²) in [5.74, 6) is 0.413. The van der Waals surface area contributed by atoms with Gasteiger partial charge in [-0.25, -0.2) is 4.79 Å². The van der Waals surface area contributed by atoms with Crippen molar-refractivity contribution in [2.75, 3.05) is 0 Å². The average Bonchev–Trinajstić information content (AvgIpc) is 2.73. The minimum atomic E-state index is -0.400. The minimum Gasteiger partial charge on any atom is -0.454 e. The molecule has 0 amide bonds. The SMILES string of the molecule is Cc1nc(COC(=O)c2ccccc2)no1. The van der Waals surface area contributed by atoms with Crippen LogP contribution < -0.4 is 0 Å². The van der Waals surface area contributed by atoms with Crippen molar-refractivity contribution >= 4 is 5.97 Å². The lowest BCUT2D eigenvalue weighted by molar-refractivity contribution is 0.0459. The summed E-state index contributed by atoms with van der Waals surface area (Å²) in [5, 5.41) is 3.62. The van der Waals surface area contributed by atoms with Crippen molar-refractivity contribution in [3.8, 4) is 0 Å². The zero-order chi connectivity index (χ0) is 11.4. The number of benzene rings is 1. The highest BCUT2D eigenvalue weighted by Gasteiger charge is 2.08. The van der Waals surface area contributed by atoms with Crippen LogP contribution in [-0.2, 0) is 11.3 Å². The third-order valence-electron chi connectivity index (χ3n) is 1.91. The molecule has 2 rings (SSSR count). The number of aromatic nitrogens is 2. The maximum absolute atomic E-state index is 11.5. The number of hydrogen-bond donors (Lipinski definition) is 0. The molecule has 0 radical (unpaired) electrons. The Labute approximate surface area is 92.0 Å². The number of nitrogens with zero attached hydrogens (tertiary/aromatic N) is 2. The lowest BCUT2D eigenvalue weighted by atomic mass is 10.2. The number of aryl methyl sites for hydroxylation is 1. The zero-order valence-electron chi connectivity index (χ0n) is 8.71. The van der Waals surface area contributed by atoms with Crippen LogP contribution in [0.1, 0.15) is 22.1 Å². The largest absolute Gasteiger partial charge is 0.454 e. The number of rotatable bonds is 3. The number of hydrogen-bond acceptors (Lipinski definition) is 5. The summed E-state index contributed by atoms with van der Waals surface area (Å²) in [7, 11) is 0. The van der Waals surface area contributed by atoms with E-state index in [2.05, 4.69) is 10.1 Å². The van der Waals surface area contributed by atoms with Crippen molar-refractivity contribution < 1.29 is 14.1 Å². The number of carbonyl (C=O) groups excluding carboxylic acids is 1. The van der Waals surface area contributed by atoms with Gasteiger partial charge in [-0.05, 0) is 12.1 Å². The van der Waals surface area contributed by atoms with Crippen LogP contribution in [0.2, 0.25) is 0 Å². The van der Waals surface area contributed by atoms with Gasteiger partial charge in [0.2, 0.25) is 11.7 Å². The molecule has 2 aromatic rings. The molecular weight excluding hydrogens is 208 g/mol. The quantitative estimate of drug-likeness (QED) is 0.734. The molecular formula is C11H10N2O3. The van der Waals surface area contributed by atoms with Gasteiger partial charge in [0.15, 0.2) is 6.61 Å². The molecule has 0 fully saturated rings. The maximum atomic E-state index is 11.5. The van der Waals surface area contributed by atoms with Crippen LogP contribution in [0.3, 0.4) is 0 Å². The summed E-state index contributed by atoms with van der Waals surface area (Å²) < 4.78 is 9.75. The van der Waals surface area contributed by atoms with E-state index in [-0.39, 0.29) is 6.61 Å². The van der Waals surface area contributed by atoms with Gasteiger partial charge in [-0.15, -0.1) is 0 Å². The zero-order valence-corrected chi connectivity index (χ0v) is 8.71. The van der Waals surface area contributed by atoms with Gasteiger partial charge in [-0.1, -0.05) is 23.4 Å². The molecule has 1 aromatic heterocycles. The van der Waals surface area contributed by atoms with Gasteiger partial charge >= 0.3 is 5.97 Å². The Hall–Kier alpha value is -2.17. The van der Waals surface area contributed by atoms with E-state index < -0.39 is 5.97 Å². The maximum Gasteiger partial charge on any atom is 0.338 e. The molecule has 82 valence electrons. The van der Waals surface area contributed by atoms with E-state index in [0.717, 1.165) is 0 Å². The smallest absolute Gasteiger partial charge is 0.338 e. The molecule has 0 unspecified atom stereocenters. The number of carbonyl (C=O) groups is 1. The Balaban J connectivity index is 1.94. The molecule has 1 heterocycles. The molecule has 0 aliphatic carbocycles. The normalized spacial score (nSPS) is 10.1. The second-order valence-electron chi connectivity index (χ2n) is 3.17. The molecule has 16 heavy (non-hydrogen) atoms.